The van der Waals surface area contributed by atoms with Gasteiger partial charge in [-0.3, -0.25) is 9.59 Å². The Morgan fingerprint density at radius 2 is 1.73 bits per heavy atom. The van der Waals surface area contributed by atoms with Crippen LogP contribution in [0.15, 0.2) is 54.6 Å². The second kappa shape index (κ2) is 9.09. The van der Waals surface area contributed by atoms with Gasteiger partial charge in [0.15, 0.2) is 0 Å². The highest BCUT2D eigenvalue weighted by Gasteiger charge is 2.23. The normalized spacial score (nSPS) is 14.8. The van der Waals surface area contributed by atoms with E-state index in [0.29, 0.717) is 37.5 Å². The molecule has 1 aliphatic heterocycles. The Morgan fingerprint density at radius 3 is 2.57 bits per heavy atom. The molecular weight excluding hydrogens is 398 g/mol. The lowest BCUT2D eigenvalue weighted by Gasteiger charge is -2.22. The van der Waals surface area contributed by atoms with E-state index in [-0.39, 0.29) is 11.8 Å². The molecule has 30 heavy (non-hydrogen) atoms. The van der Waals surface area contributed by atoms with Crippen LogP contribution in [0, 0.1) is 0 Å². The Hall–Kier alpha value is -3.19. The molecule has 7 heteroatoms. The summed E-state index contributed by atoms with van der Waals surface area (Å²) in [6.07, 6.45) is 4.09. The molecule has 2 heterocycles. The molecule has 0 radical (unpaired) electrons. The monoisotopic (exact) mass is 421 g/mol. The largest absolute Gasteiger partial charge is 0.496 e. The number of para-hydroxylation sites is 2. The maximum Gasteiger partial charge on any atom is 0.257 e. The number of carbonyl (C=O) groups is 2. The zero-order valence-corrected chi connectivity index (χ0v) is 17.6. The lowest BCUT2D eigenvalue weighted by Crippen LogP contribution is -2.36. The quantitative estimate of drug-likeness (QED) is 0.603. The molecule has 3 aromatic rings. The van der Waals surface area contributed by atoms with Gasteiger partial charge in [0.25, 0.3) is 5.91 Å². The van der Waals surface area contributed by atoms with Crippen molar-refractivity contribution in [1.82, 2.24) is 14.8 Å². The van der Waals surface area contributed by atoms with E-state index < -0.39 is 0 Å². The van der Waals surface area contributed by atoms with Crippen LogP contribution in [0.25, 0.3) is 16.3 Å². The van der Waals surface area contributed by atoms with Crippen LogP contribution in [0.1, 0.15) is 21.8 Å². The van der Waals surface area contributed by atoms with Gasteiger partial charge in [0.2, 0.25) is 5.91 Å². The van der Waals surface area contributed by atoms with Crippen LogP contribution in [-0.2, 0) is 4.79 Å². The lowest BCUT2D eigenvalue weighted by molar-refractivity contribution is -0.125. The number of amides is 2. The highest BCUT2D eigenvalue weighted by atomic mass is 32.1. The van der Waals surface area contributed by atoms with Gasteiger partial charge in [0.05, 0.1) is 22.9 Å². The molecule has 1 aliphatic rings. The zero-order chi connectivity index (χ0) is 20.9. The van der Waals surface area contributed by atoms with Crippen LogP contribution in [0.3, 0.4) is 0 Å². The summed E-state index contributed by atoms with van der Waals surface area (Å²) in [7, 11) is 1.56. The van der Waals surface area contributed by atoms with E-state index in [4.69, 9.17) is 4.74 Å². The first-order valence-corrected chi connectivity index (χ1v) is 10.7. The number of rotatable bonds is 4. The third-order valence-electron chi connectivity index (χ3n) is 5.11. The van der Waals surface area contributed by atoms with Crippen molar-refractivity contribution in [2.75, 3.05) is 33.3 Å². The molecule has 0 aliphatic carbocycles. The molecule has 0 unspecified atom stereocenters. The molecule has 6 nitrogen and oxygen atoms in total. The SMILES string of the molecule is COc1ccccc1C(=O)N1CCCN(C(=O)/C=C/c2nc3ccccc3s2)CC1. The summed E-state index contributed by atoms with van der Waals surface area (Å²) < 4.78 is 6.42. The van der Waals surface area contributed by atoms with Gasteiger partial charge < -0.3 is 14.5 Å². The fraction of sp³-hybridized carbons (Fsp3) is 0.261. The Bertz CT molecular complexity index is 1060. The predicted octanol–water partition coefficient (Wildman–Crippen LogP) is 3.69. The van der Waals surface area contributed by atoms with Gasteiger partial charge in [-0.15, -0.1) is 11.3 Å². The molecule has 0 spiro atoms. The fourth-order valence-electron chi connectivity index (χ4n) is 3.54. The maximum atomic E-state index is 12.9. The summed E-state index contributed by atoms with van der Waals surface area (Å²) >= 11 is 1.56. The smallest absolute Gasteiger partial charge is 0.257 e. The number of thiazole rings is 1. The Kier molecular flexibility index (Phi) is 6.09. The number of hydrogen-bond acceptors (Lipinski definition) is 5. The average Bonchev–Trinajstić information content (AvgIpc) is 3.04. The molecule has 1 aromatic heterocycles. The van der Waals surface area contributed by atoms with Crippen LogP contribution in [0.2, 0.25) is 0 Å². The van der Waals surface area contributed by atoms with Gasteiger partial charge in [0, 0.05) is 32.3 Å². The summed E-state index contributed by atoms with van der Waals surface area (Å²) in [5, 5.41) is 0.812. The van der Waals surface area contributed by atoms with Crippen LogP contribution in [0.5, 0.6) is 5.75 Å². The molecule has 2 amide bonds. The standard InChI is InChI=1S/C23H23N3O3S/c1-29-19-9-4-2-7-17(19)23(28)26-14-6-13-25(15-16-26)22(27)12-11-21-24-18-8-3-5-10-20(18)30-21/h2-5,7-12H,6,13-16H2,1H3/b12-11+. The minimum Gasteiger partial charge on any atom is -0.496 e. The van der Waals surface area contributed by atoms with Gasteiger partial charge in [-0.05, 0) is 36.8 Å². The summed E-state index contributed by atoms with van der Waals surface area (Å²) in [5.74, 6) is 0.450. The predicted molar refractivity (Wildman–Crippen MR) is 119 cm³/mol. The second-order valence-corrected chi connectivity index (χ2v) is 8.09. The summed E-state index contributed by atoms with van der Waals surface area (Å²) in [6.45, 7) is 2.24. The highest BCUT2D eigenvalue weighted by molar-refractivity contribution is 7.19. The number of ether oxygens (including phenoxy) is 1. The summed E-state index contributed by atoms with van der Waals surface area (Å²) in [4.78, 5) is 33.7. The average molecular weight is 422 g/mol. The molecule has 4 rings (SSSR count). The van der Waals surface area contributed by atoms with Gasteiger partial charge in [-0.25, -0.2) is 4.98 Å². The van der Waals surface area contributed by atoms with Crippen molar-refractivity contribution in [2.45, 2.75) is 6.42 Å². The van der Waals surface area contributed by atoms with E-state index in [9.17, 15) is 9.59 Å². The number of carbonyl (C=O) groups excluding carboxylic acids is 2. The Labute approximate surface area is 179 Å². The van der Waals surface area contributed by atoms with Crippen molar-refractivity contribution in [3.8, 4) is 5.75 Å². The number of benzene rings is 2. The van der Waals surface area contributed by atoms with Crippen molar-refractivity contribution in [1.29, 1.82) is 0 Å². The van der Waals surface area contributed by atoms with E-state index >= 15 is 0 Å². The van der Waals surface area contributed by atoms with E-state index in [2.05, 4.69) is 4.98 Å². The molecular formula is C23H23N3O3S. The van der Waals surface area contributed by atoms with Gasteiger partial charge in [-0.2, -0.15) is 0 Å². The third kappa shape index (κ3) is 4.36. The fourth-order valence-corrected chi connectivity index (χ4v) is 4.41. The van der Waals surface area contributed by atoms with Crippen LogP contribution >= 0.6 is 11.3 Å². The summed E-state index contributed by atoms with van der Waals surface area (Å²) in [5.41, 5.74) is 1.49. The summed E-state index contributed by atoms with van der Waals surface area (Å²) in [6, 6.07) is 15.2. The van der Waals surface area contributed by atoms with Crippen molar-refractivity contribution in [2.24, 2.45) is 0 Å². The van der Waals surface area contributed by atoms with Gasteiger partial charge in [-0.1, -0.05) is 24.3 Å². The molecule has 1 saturated heterocycles. The first-order valence-electron chi connectivity index (χ1n) is 9.90. The lowest BCUT2D eigenvalue weighted by atomic mass is 10.1. The first kappa shape index (κ1) is 20.1. The van der Waals surface area contributed by atoms with E-state index in [1.54, 1.807) is 52.5 Å². The Balaban J connectivity index is 1.39. The van der Waals surface area contributed by atoms with Crippen LogP contribution < -0.4 is 4.74 Å². The number of hydrogen-bond donors (Lipinski definition) is 0. The van der Waals surface area contributed by atoms with Crippen molar-refractivity contribution >= 4 is 39.4 Å². The van der Waals surface area contributed by atoms with Crippen molar-refractivity contribution in [3.05, 3.63) is 65.2 Å². The van der Waals surface area contributed by atoms with E-state index in [0.717, 1.165) is 21.6 Å². The first-order chi connectivity index (χ1) is 14.7. The maximum absolute atomic E-state index is 12.9. The van der Waals surface area contributed by atoms with Crippen LogP contribution in [-0.4, -0.2) is 59.9 Å². The second-order valence-electron chi connectivity index (χ2n) is 7.02. The number of nitrogens with zero attached hydrogens (tertiary/aromatic N) is 3. The minimum atomic E-state index is -0.0632. The number of fused-ring (bicyclic) bond motifs is 1. The number of aromatic nitrogens is 1. The minimum absolute atomic E-state index is 0.0548. The highest BCUT2D eigenvalue weighted by Crippen LogP contribution is 2.23. The topological polar surface area (TPSA) is 62.7 Å². The molecule has 1 fully saturated rings. The third-order valence-corrected chi connectivity index (χ3v) is 6.11. The van der Waals surface area contributed by atoms with Crippen molar-refractivity contribution < 1.29 is 14.3 Å². The molecule has 0 bridgehead atoms. The Morgan fingerprint density at radius 1 is 1.00 bits per heavy atom. The van der Waals surface area contributed by atoms with E-state index in [1.165, 1.54) is 0 Å². The van der Waals surface area contributed by atoms with Crippen LogP contribution in [0.4, 0.5) is 0 Å². The molecule has 2 aromatic carbocycles. The molecule has 0 atom stereocenters. The van der Waals surface area contributed by atoms with E-state index in [1.807, 2.05) is 36.4 Å². The number of methoxy groups -OCH3 is 1. The van der Waals surface area contributed by atoms with Gasteiger partial charge in [0.1, 0.15) is 10.8 Å². The molecule has 0 saturated carbocycles. The zero-order valence-electron chi connectivity index (χ0n) is 16.8. The molecule has 154 valence electrons. The van der Waals surface area contributed by atoms with Gasteiger partial charge >= 0.3 is 0 Å². The van der Waals surface area contributed by atoms with Crippen molar-refractivity contribution in [3.63, 3.8) is 0 Å². The molecule has 0 N–H and O–H groups in total.